The molecule has 1 fully saturated rings. The molecule has 1 unspecified atom stereocenters. The van der Waals surface area contributed by atoms with Gasteiger partial charge in [0.2, 0.25) is 0 Å². The first-order valence-electron chi connectivity index (χ1n) is 9.92. The Hall–Kier alpha value is -0.900. The second-order valence-corrected chi connectivity index (χ2v) is 6.69. The standard InChI is InChI=1S/C18H35N7.HI/c1-3-17-9-5-7-13-25(17)14-11-21-18(19-4-2)20-10-6-8-12-24-15-22-23-16-24;/h15-17H,3-14H2,1-2H3,(H2,19,20,21);1H. The summed E-state index contributed by atoms with van der Waals surface area (Å²) in [4.78, 5) is 7.33. The first-order chi connectivity index (χ1) is 12.3. The van der Waals surface area contributed by atoms with Crippen molar-refractivity contribution in [2.45, 2.75) is 65.0 Å². The maximum Gasteiger partial charge on any atom is 0.191 e. The number of unbranched alkanes of at least 4 members (excludes halogenated alkanes) is 1. The highest BCUT2D eigenvalue weighted by Gasteiger charge is 2.19. The van der Waals surface area contributed by atoms with Crippen molar-refractivity contribution in [3.63, 3.8) is 0 Å². The second-order valence-electron chi connectivity index (χ2n) is 6.69. The molecule has 0 saturated carbocycles. The van der Waals surface area contributed by atoms with Crippen LogP contribution in [0.15, 0.2) is 17.6 Å². The summed E-state index contributed by atoms with van der Waals surface area (Å²) < 4.78 is 2.01. The summed E-state index contributed by atoms with van der Waals surface area (Å²) in [5.74, 6) is 0.942. The van der Waals surface area contributed by atoms with Crippen molar-refractivity contribution in [1.82, 2.24) is 30.3 Å². The lowest BCUT2D eigenvalue weighted by molar-refractivity contribution is 0.147. The van der Waals surface area contributed by atoms with Gasteiger partial charge in [0.25, 0.3) is 0 Å². The van der Waals surface area contributed by atoms with Gasteiger partial charge < -0.3 is 15.2 Å². The number of piperidine rings is 1. The van der Waals surface area contributed by atoms with Crippen molar-refractivity contribution in [2.75, 3.05) is 32.7 Å². The maximum absolute atomic E-state index is 4.69. The van der Waals surface area contributed by atoms with Crippen LogP contribution in [-0.4, -0.2) is 64.4 Å². The van der Waals surface area contributed by atoms with E-state index in [4.69, 9.17) is 0 Å². The van der Waals surface area contributed by atoms with Crippen molar-refractivity contribution in [1.29, 1.82) is 0 Å². The van der Waals surface area contributed by atoms with Crippen molar-refractivity contribution in [2.24, 2.45) is 4.99 Å². The summed E-state index contributed by atoms with van der Waals surface area (Å²) in [6.45, 7) is 10.4. The van der Waals surface area contributed by atoms with Gasteiger partial charge in [0.05, 0.1) is 0 Å². The van der Waals surface area contributed by atoms with Gasteiger partial charge in [0.15, 0.2) is 5.96 Å². The Labute approximate surface area is 175 Å². The highest BCUT2D eigenvalue weighted by atomic mass is 127. The summed E-state index contributed by atoms with van der Waals surface area (Å²) in [6, 6.07) is 0.771. The molecule has 0 spiro atoms. The zero-order chi connectivity index (χ0) is 17.7. The number of likely N-dealkylation sites (tertiary alicyclic amines) is 1. The number of nitrogens with zero attached hydrogens (tertiary/aromatic N) is 5. The third-order valence-corrected chi connectivity index (χ3v) is 4.82. The van der Waals surface area contributed by atoms with E-state index < -0.39 is 0 Å². The van der Waals surface area contributed by atoms with Crippen molar-refractivity contribution < 1.29 is 0 Å². The van der Waals surface area contributed by atoms with E-state index in [9.17, 15) is 0 Å². The molecule has 0 amide bonds. The fourth-order valence-electron chi connectivity index (χ4n) is 3.41. The molecule has 8 heteroatoms. The fourth-order valence-corrected chi connectivity index (χ4v) is 3.41. The van der Waals surface area contributed by atoms with E-state index in [0.717, 1.165) is 57.6 Å². The van der Waals surface area contributed by atoms with Crippen LogP contribution in [0.4, 0.5) is 0 Å². The highest BCUT2D eigenvalue weighted by Crippen LogP contribution is 2.18. The molecular formula is C18H36IN7. The number of aryl methyl sites for hydroxylation is 1. The van der Waals surface area contributed by atoms with E-state index in [0.29, 0.717) is 0 Å². The van der Waals surface area contributed by atoms with Crippen molar-refractivity contribution in [3.05, 3.63) is 12.7 Å². The molecule has 1 saturated heterocycles. The minimum Gasteiger partial charge on any atom is -0.357 e. The van der Waals surface area contributed by atoms with E-state index in [2.05, 4.69) is 44.6 Å². The van der Waals surface area contributed by atoms with E-state index in [1.165, 1.54) is 32.2 Å². The predicted octanol–water partition coefficient (Wildman–Crippen LogP) is 2.50. The highest BCUT2D eigenvalue weighted by molar-refractivity contribution is 14.0. The third kappa shape index (κ3) is 8.66. The molecule has 26 heavy (non-hydrogen) atoms. The molecule has 1 aliphatic rings. The molecule has 150 valence electrons. The number of hydrogen-bond donors (Lipinski definition) is 2. The van der Waals surface area contributed by atoms with E-state index in [1.54, 1.807) is 12.7 Å². The summed E-state index contributed by atoms with van der Waals surface area (Å²) in [6.07, 6.45) is 11.0. The average Bonchev–Trinajstić information content (AvgIpc) is 3.15. The number of hydrogen-bond acceptors (Lipinski definition) is 4. The molecule has 1 aromatic rings. The van der Waals surface area contributed by atoms with Crippen LogP contribution in [0, 0.1) is 0 Å². The van der Waals surface area contributed by atoms with Gasteiger partial charge in [-0.3, -0.25) is 9.89 Å². The van der Waals surface area contributed by atoms with E-state index >= 15 is 0 Å². The van der Waals surface area contributed by atoms with Gasteiger partial charge in [0.1, 0.15) is 12.7 Å². The van der Waals surface area contributed by atoms with Crippen LogP contribution in [0.2, 0.25) is 0 Å². The lowest BCUT2D eigenvalue weighted by Crippen LogP contribution is -2.46. The van der Waals surface area contributed by atoms with Crippen LogP contribution < -0.4 is 10.6 Å². The Bertz CT molecular complexity index is 478. The first-order valence-corrected chi connectivity index (χ1v) is 9.92. The first kappa shape index (κ1) is 23.1. The fraction of sp³-hybridized carbons (Fsp3) is 0.833. The number of halogens is 1. The zero-order valence-corrected chi connectivity index (χ0v) is 18.7. The average molecular weight is 477 g/mol. The smallest absolute Gasteiger partial charge is 0.191 e. The maximum atomic E-state index is 4.69. The zero-order valence-electron chi connectivity index (χ0n) is 16.4. The molecule has 7 nitrogen and oxygen atoms in total. The van der Waals surface area contributed by atoms with Crippen LogP contribution in [0.1, 0.15) is 52.4 Å². The van der Waals surface area contributed by atoms with Crippen LogP contribution in [0.3, 0.4) is 0 Å². The van der Waals surface area contributed by atoms with Crippen LogP contribution >= 0.6 is 24.0 Å². The number of aromatic nitrogens is 3. The third-order valence-electron chi connectivity index (χ3n) is 4.82. The van der Waals surface area contributed by atoms with Gasteiger partial charge >= 0.3 is 0 Å². The lowest BCUT2D eigenvalue weighted by atomic mass is 10.0. The molecule has 1 aliphatic heterocycles. The lowest BCUT2D eigenvalue weighted by Gasteiger charge is -2.35. The largest absolute Gasteiger partial charge is 0.357 e. The molecular weight excluding hydrogens is 441 g/mol. The summed E-state index contributed by atoms with van der Waals surface area (Å²) in [7, 11) is 0. The van der Waals surface area contributed by atoms with E-state index in [1.807, 2.05) is 4.57 Å². The minimum absolute atomic E-state index is 0. The molecule has 0 aliphatic carbocycles. The van der Waals surface area contributed by atoms with Crippen LogP contribution in [-0.2, 0) is 6.54 Å². The number of nitrogens with one attached hydrogen (secondary N) is 2. The van der Waals surface area contributed by atoms with Gasteiger partial charge in [-0.1, -0.05) is 13.3 Å². The Kier molecular flexibility index (Phi) is 12.6. The molecule has 0 bridgehead atoms. The van der Waals surface area contributed by atoms with Gasteiger partial charge in [-0.05, 0) is 45.6 Å². The van der Waals surface area contributed by atoms with Crippen LogP contribution in [0.5, 0.6) is 0 Å². The van der Waals surface area contributed by atoms with Gasteiger partial charge in [0, 0.05) is 38.8 Å². The quantitative estimate of drug-likeness (QED) is 0.235. The molecule has 0 aromatic carbocycles. The van der Waals surface area contributed by atoms with Crippen LogP contribution in [0.25, 0.3) is 0 Å². The topological polar surface area (TPSA) is 70.4 Å². The number of rotatable bonds is 10. The summed E-state index contributed by atoms with van der Waals surface area (Å²) in [5, 5.41) is 14.5. The van der Waals surface area contributed by atoms with Crippen molar-refractivity contribution >= 4 is 29.9 Å². The second kappa shape index (κ2) is 14.2. The Balaban J connectivity index is 0.00000338. The Morgan fingerprint density at radius 1 is 1.12 bits per heavy atom. The van der Waals surface area contributed by atoms with Gasteiger partial charge in [-0.2, -0.15) is 0 Å². The SMILES string of the molecule is CCNC(=NCCCCn1cnnc1)NCCN1CCCCC1CC.I. The van der Waals surface area contributed by atoms with E-state index in [-0.39, 0.29) is 24.0 Å². The summed E-state index contributed by atoms with van der Waals surface area (Å²) >= 11 is 0. The molecule has 0 radical (unpaired) electrons. The monoisotopic (exact) mass is 477 g/mol. The van der Waals surface area contributed by atoms with Crippen molar-refractivity contribution in [3.8, 4) is 0 Å². The number of guanidine groups is 1. The minimum atomic E-state index is 0. The summed E-state index contributed by atoms with van der Waals surface area (Å²) in [5.41, 5.74) is 0. The van der Waals surface area contributed by atoms with Gasteiger partial charge in [-0.15, -0.1) is 34.2 Å². The molecule has 1 atom stereocenters. The van der Waals surface area contributed by atoms with Gasteiger partial charge in [-0.25, -0.2) is 0 Å². The number of aliphatic imine (C=N–C) groups is 1. The Morgan fingerprint density at radius 2 is 1.92 bits per heavy atom. The predicted molar refractivity (Wildman–Crippen MR) is 118 cm³/mol. The molecule has 2 rings (SSSR count). The molecule has 2 heterocycles. The normalized spacial score (nSPS) is 18.4. The Morgan fingerprint density at radius 3 is 2.65 bits per heavy atom. The molecule has 1 aromatic heterocycles. The molecule has 2 N–H and O–H groups in total.